The van der Waals surface area contributed by atoms with Crippen LogP contribution in [0.1, 0.15) is 32.6 Å². The Bertz CT molecular complexity index is 478. The van der Waals surface area contributed by atoms with Gasteiger partial charge in [0.15, 0.2) is 11.5 Å². The van der Waals surface area contributed by atoms with Crippen LogP contribution in [0, 0.1) is 0 Å². The number of benzene rings is 1. The number of nitrogens with one attached hydrogen (secondary N) is 1. The third kappa shape index (κ3) is 2.95. The summed E-state index contributed by atoms with van der Waals surface area (Å²) in [5.74, 6) is 1.62. The Balaban J connectivity index is 1.68. The summed E-state index contributed by atoms with van der Waals surface area (Å²) in [5, 5.41) is 3.68. The molecule has 0 aliphatic carbocycles. The Morgan fingerprint density at radius 2 is 1.90 bits per heavy atom. The van der Waals surface area contributed by atoms with Gasteiger partial charge in [-0.3, -0.25) is 0 Å². The first-order chi connectivity index (χ1) is 10.2. The van der Waals surface area contributed by atoms with E-state index in [2.05, 4.69) is 23.3 Å². The van der Waals surface area contributed by atoms with Crippen LogP contribution in [0.3, 0.4) is 0 Å². The van der Waals surface area contributed by atoms with Crippen molar-refractivity contribution >= 4 is 5.69 Å². The van der Waals surface area contributed by atoms with E-state index in [1.165, 1.54) is 25.7 Å². The van der Waals surface area contributed by atoms with Crippen molar-refractivity contribution in [1.29, 1.82) is 0 Å². The fourth-order valence-electron chi connectivity index (χ4n) is 3.80. The third-order valence-corrected chi connectivity index (χ3v) is 4.93. The van der Waals surface area contributed by atoms with Crippen LogP contribution >= 0.6 is 0 Å². The van der Waals surface area contributed by atoms with Crippen LogP contribution in [0.2, 0.25) is 0 Å². The molecule has 3 rings (SSSR count). The summed E-state index contributed by atoms with van der Waals surface area (Å²) in [6.07, 6.45) is 5.18. The van der Waals surface area contributed by atoms with Crippen LogP contribution in [0.5, 0.6) is 11.5 Å². The lowest BCUT2D eigenvalue weighted by Crippen LogP contribution is -2.44. The Morgan fingerprint density at radius 3 is 2.52 bits per heavy atom. The van der Waals surface area contributed by atoms with Gasteiger partial charge in [0, 0.05) is 29.9 Å². The second-order valence-electron chi connectivity index (χ2n) is 6.16. The molecule has 2 fully saturated rings. The molecule has 1 aromatic rings. The molecule has 2 atom stereocenters. The minimum Gasteiger partial charge on any atom is -0.493 e. The first kappa shape index (κ1) is 14.5. The number of methoxy groups -OCH3 is 1. The summed E-state index contributed by atoms with van der Waals surface area (Å²) < 4.78 is 11.0. The van der Waals surface area contributed by atoms with Gasteiger partial charge in [-0.15, -0.1) is 0 Å². The molecule has 4 heteroatoms. The van der Waals surface area contributed by atoms with Crippen molar-refractivity contribution in [2.45, 2.75) is 50.7 Å². The topological polar surface area (TPSA) is 33.7 Å². The fourth-order valence-corrected chi connectivity index (χ4v) is 3.80. The molecule has 1 aromatic carbocycles. The minimum absolute atomic E-state index is 0.571. The van der Waals surface area contributed by atoms with Gasteiger partial charge in [0.05, 0.1) is 13.7 Å². The average molecular weight is 290 g/mol. The Labute approximate surface area is 127 Å². The van der Waals surface area contributed by atoms with Crippen LogP contribution in [-0.2, 0) is 0 Å². The second kappa shape index (κ2) is 6.14. The monoisotopic (exact) mass is 290 g/mol. The van der Waals surface area contributed by atoms with Gasteiger partial charge in [-0.1, -0.05) is 0 Å². The zero-order valence-electron chi connectivity index (χ0n) is 13.3. The van der Waals surface area contributed by atoms with E-state index in [0.29, 0.717) is 12.6 Å². The third-order valence-electron chi connectivity index (χ3n) is 4.93. The molecule has 0 aromatic heterocycles. The molecule has 0 spiro atoms. The van der Waals surface area contributed by atoms with Crippen LogP contribution < -0.4 is 14.8 Å². The maximum absolute atomic E-state index is 5.57. The molecule has 0 saturated carbocycles. The first-order valence-corrected chi connectivity index (χ1v) is 8.00. The highest BCUT2D eigenvalue weighted by Crippen LogP contribution is 2.36. The van der Waals surface area contributed by atoms with Crippen molar-refractivity contribution in [2.75, 3.05) is 26.1 Å². The number of hydrogen-bond acceptors (Lipinski definition) is 4. The predicted molar refractivity (Wildman–Crippen MR) is 85.4 cm³/mol. The molecular weight excluding hydrogens is 264 g/mol. The van der Waals surface area contributed by atoms with Crippen LogP contribution in [0.4, 0.5) is 5.69 Å². The normalized spacial score (nSPS) is 28.4. The highest BCUT2D eigenvalue weighted by Gasteiger charge is 2.38. The molecule has 0 amide bonds. The van der Waals surface area contributed by atoms with Gasteiger partial charge >= 0.3 is 0 Å². The van der Waals surface area contributed by atoms with Crippen molar-refractivity contribution in [3.8, 4) is 11.5 Å². The number of nitrogens with zero attached hydrogens (tertiary/aromatic N) is 1. The van der Waals surface area contributed by atoms with Crippen molar-refractivity contribution in [1.82, 2.24) is 4.90 Å². The van der Waals surface area contributed by atoms with Crippen molar-refractivity contribution in [3.05, 3.63) is 18.2 Å². The van der Waals surface area contributed by atoms with E-state index >= 15 is 0 Å². The summed E-state index contributed by atoms with van der Waals surface area (Å²) in [6, 6.07) is 8.21. The van der Waals surface area contributed by atoms with E-state index in [9.17, 15) is 0 Å². The second-order valence-corrected chi connectivity index (χ2v) is 6.16. The molecule has 2 heterocycles. The molecule has 2 aliphatic rings. The van der Waals surface area contributed by atoms with E-state index < -0.39 is 0 Å². The lowest BCUT2D eigenvalue weighted by atomic mass is 9.98. The van der Waals surface area contributed by atoms with E-state index in [4.69, 9.17) is 9.47 Å². The maximum Gasteiger partial charge on any atom is 0.162 e. The molecule has 2 saturated heterocycles. The van der Waals surface area contributed by atoms with Gasteiger partial charge in [0.2, 0.25) is 0 Å². The van der Waals surface area contributed by atoms with E-state index in [-0.39, 0.29) is 0 Å². The fraction of sp³-hybridized carbons (Fsp3) is 0.647. The lowest BCUT2D eigenvalue weighted by molar-refractivity contribution is 0.169. The SMILES string of the molecule is CCOc1ccc(NC2CC3CCC(C2)N3C)cc1OC. The standard InChI is InChI=1S/C17H26N2O2/c1-4-21-16-8-5-12(11-17(16)20-3)18-13-9-14-6-7-15(10-13)19(14)2/h5,8,11,13-15,18H,4,6-7,9-10H2,1-3H3. The molecular formula is C17H26N2O2. The quantitative estimate of drug-likeness (QED) is 0.903. The van der Waals surface area contributed by atoms with E-state index in [1.807, 2.05) is 19.1 Å². The van der Waals surface area contributed by atoms with Gasteiger partial charge < -0.3 is 19.7 Å². The van der Waals surface area contributed by atoms with Crippen molar-refractivity contribution in [3.63, 3.8) is 0 Å². The zero-order valence-corrected chi connectivity index (χ0v) is 13.3. The smallest absolute Gasteiger partial charge is 0.162 e. The van der Waals surface area contributed by atoms with Crippen molar-refractivity contribution in [2.24, 2.45) is 0 Å². The zero-order chi connectivity index (χ0) is 14.8. The number of fused-ring (bicyclic) bond motifs is 2. The molecule has 2 aliphatic heterocycles. The van der Waals surface area contributed by atoms with Crippen LogP contribution in [0.15, 0.2) is 18.2 Å². The van der Waals surface area contributed by atoms with Gasteiger partial charge in [0.1, 0.15) is 0 Å². The molecule has 2 unspecified atom stereocenters. The highest BCUT2D eigenvalue weighted by atomic mass is 16.5. The van der Waals surface area contributed by atoms with Crippen LogP contribution in [0.25, 0.3) is 0 Å². The first-order valence-electron chi connectivity index (χ1n) is 8.00. The Kier molecular flexibility index (Phi) is 4.24. The predicted octanol–water partition coefficient (Wildman–Crippen LogP) is 3.13. The molecule has 2 bridgehead atoms. The average Bonchev–Trinajstić information content (AvgIpc) is 2.71. The molecule has 21 heavy (non-hydrogen) atoms. The van der Waals surface area contributed by atoms with E-state index in [1.54, 1.807) is 7.11 Å². The van der Waals surface area contributed by atoms with Gasteiger partial charge in [0.25, 0.3) is 0 Å². The number of anilines is 1. The van der Waals surface area contributed by atoms with E-state index in [0.717, 1.165) is 29.3 Å². The summed E-state index contributed by atoms with van der Waals surface area (Å²) >= 11 is 0. The summed E-state index contributed by atoms with van der Waals surface area (Å²) in [4.78, 5) is 2.57. The molecule has 4 nitrogen and oxygen atoms in total. The number of ether oxygens (including phenoxy) is 2. The minimum atomic E-state index is 0.571. The lowest BCUT2D eigenvalue weighted by Gasteiger charge is -2.37. The molecule has 0 radical (unpaired) electrons. The van der Waals surface area contributed by atoms with Crippen LogP contribution in [-0.4, -0.2) is 43.8 Å². The maximum atomic E-state index is 5.57. The Hall–Kier alpha value is -1.42. The van der Waals surface area contributed by atoms with Gasteiger partial charge in [-0.2, -0.15) is 0 Å². The summed E-state index contributed by atoms with van der Waals surface area (Å²) in [6.45, 7) is 2.64. The highest BCUT2D eigenvalue weighted by molar-refractivity contribution is 5.55. The van der Waals surface area contributed by atoms with Gasteiger partial charge in [-0.05, 0) is 51.8 Å². The van der Waals surface area contributed by atoms with Crippen molar-refractivity contribution < 1.29 is 9.47 Å². The number of hydrogen-bond donors (Lipinski definition) is 1. The molecule has 1 N–H and O–H groups in total. The Morgan fingerprint density at radius 1 is 1.19 bits per heavy atom. The molecule has 116 valence electrons. The summed E-state index contributed by atoms with van der Waals surface area (Å²) in [7, 11) is 3.97. The largest absolute Gasteiger partial charge is 0.493 e. The summed E-state index contributed by atoms with van der Waals surface area (Å²) in [5.41, 5.74) is 1.13. The van der Waals surface area contributed by atoms with Gasteiger partial charge in [-0.25, -0.2) is 0 Å². The number of rotatable bonds is 5. The number of piperidine rings is 1.